The lowest BCUT2D eigenvalue weighted by Crippen LogP contribution is -2.19. The van der Waals surface area contributed by atoms with E-state index >= 15 is 0 Å². The van der Waals surface area contributed by atoms with E-state index in [0.29, 0.717) is 5.70 Å². The quantitative estimate of drug-likeness (QED) is 0.681. The number of hydrogen-bond donors (Lipinski definition) is 1. The van der Waals surface area contributed by atoms with Gasteiger partial charge in [0.1, 0.15) is 6.61 Å². The highest BCUT2D eigenvalue weighted by Crippen LogP contribution is 2.12. The van der Waals surface area contributed by atoms with Crippen molar-refractivity contribution < 1.29 is 14.3 Å². The van der Waals surface area contributed by atoms with Crippen molar-refractivity contribution in [3.05, 3.63) is 77.4 Å². The highest BCUT2D eigenvalue weighted by Gasteiger charge is 2.07. The van der Waals surface area contributed by atoms with Crippen LogP contribution in [0.3, 0.4) is 0 Å². The summed E-state index contributed by atoms with van der Waals surface area (Å²) in [5.74, 6) is -0.746. The van der Waals surface area contributed by atoms with Crippen molar-refractivity contribution in [3.63, 3.8) is 0 Å². The topological polar surface area (TPSA) is 55.4 Å². The predicted molar refractivity (Wildman–Crippen MR) is 89.2 cm³/mol. The van der Waals surface area contributed by atoms with Crippen molar-refractivity contribution >= 4 is 17.6 Å². The molecule has 1 amide bonds. The molecular formula is C19H19NO3. The number of benzene rings is 2. The summed E-state index contributed by atoms with van der Waals surface area (Å²) < 4.78 is 5.23. The summed E-state index contributed by atoms with van der Waals surface area (Å²) in [6.45, 7) is 3.59. The van der Waals surface area contributed by atoms with E-state index in [4.69, 9.17) is 4.74 Å². The van der Waals surface area contributed by atoms with Gasteiger partial charge in [0.25, 0.3) is 0 Å². The number of esters is 1. The third-order valence-electron chi connectivity index (χ3n) is 3.16. The van der Waals surface area contributed by atoms with Crippen LogP contribution in [0.15, 0.2) is 60.7 Å². The molecule has 118 valence electrons. The van der Waals surface area contributed by atoms with Crippen LogP contribution in [0, 0.1) is 6.92 Å². The number of rotatable bonds is 5. The minimum absolute atomic E-state index is 0.192. The fraction of sp³-hybridized carbons (Fsp3) is 0.158. The SMILES string of the molecule is CC(=O)N/C(=C/C(=O)OCc1ccc(C)cc1)c1ccccc1. The van der Waals surface area contributed by atoms with Gasteiger partial charge in [0, 0.05) is 13.0 Å². The molecule has 2 aromatic rings. The Bertz CT molecular complexity index is 703. The smallest absolute Gasteiger partial charge is 0.333 e. The van der Waals surface area contributed by atoms with Gasteiger partial charge in [0.05, 0.1) is 5.70 Å². The van der Waals surface area contributed by atoms with E-state index < -0.39 is 5.97 Å². The highest BCUT2D eigenvalue weighted by molar-refractivity contribution is 5.95. The second-order valence-electron chi connectivity index (χ2n) is 5.20. The Morgan fingerprint density at radius 1 is 1.04 bits per heavy atom. The van der Waals surface area contributed by atoms with E-state index in [9.17, 15) is 9.59 Å². The van der Waals surface area contributed by atoms with Crippen molar-refractivity contribution in [1.82, 2.24) is 5.32 Å². The summed E-state index contributed by atoms with van der Waals surface area (Å²) in [6.07, 6.45) is 1.30. The molecule has 0 saturated carbocycles. The number of amides is 1. The maximum absolute atomic E-state index is 12.0. The first-order chi connectivity index (χ1) is 11.0. The van der Waals surface area contributed by atoms with Crippen molar-refractivity contribution in [1.29, 1.82) is 0 Å². The average molecular weight is 309 g/mol. The fourth-order valence-electron chi connectivity index (χ4n) is 2.00. The zero-order valence-electron chi connectivity index (χ0n) is 13.2. The summed E-state index contributed by atoms with van der Waals surface area (Å²) in [4.78, 5) is 23.3. The van der Waals surface area contributed by atoms with Crippen LogP contribution in [0.5, 0.6) is 0 Å². The van der Waals surface area contributed by atoms with E-state index in [1.807, 2.05) is 61.5 Å². The Morgan fingerprint density at radius 3 is 2.30 bits per heavy atom. The number of carbonyl (C=O) groups excluding carboxylic acids is 2. The van der Waals surface area contributed by atoms with Crippen LogP contribution < -0.4 is 5.32 Å². The molecule has 0 saturated heterocycles. The summed E-state index contributed by atoms with van der Waals surface area (Å²) in [7, 11) is 0. The van der Waals surface area contributed by atoms with Gasteiger partial charge in [0.2, 0.25) is 5.91 Å². The molecule has 4 heteroatoms. The van der Waals surface area contributed by atoms with Crippen LogP contribution in [0.25, 0.3) is 5.70 Å². The predicted octanol–water partition coefficient (Wildman–Crippen LogP) is 3.22. The monoisotopic (exact) mass is 309 g/mol. The van der Waals surface area contributed by atoms with E-state index in [1.165, 1.54) is 13.0 Å². The Labute approximate surface area is 135 Å². The fourth-order valence-corrected chi connectivity index (χ4v) is 2.00. The molecule has 23 heavy (non-hydrogen) atoms. The molecule has 1 N–H and O–H groups in total. The number of carbonyl (C=O) groups is 2. The van der Waals surface area contributed by atoms with Crippen molar-refractivity contribution in [2.75, 3.05) is 0 Å². The lowest BCUT2D eigenvalue weighted by molar-refractivity contribution is -0.138. The molecule has 0 spiro atoms. The first-order valence-corrected chi connectivity index (χ1v) is 7.31. The number of hydrogen-bond acceptors (Lipinski definition) is 3. The minimum atomic E-state index is -0.502. The molecule has 0 atom stereocenters. The lowest BCUT2D eigenvalue weighted by atomic mass is 10.1. The normalized spacial score (nSPS) is 11.0. The van der Waals surface area contributed by atoms with Gasteiger partial charge in [-0.1, -0.05) is 60.2 Å². The van der Waals surface area contributed by atoms with Crippen LogP contribution in [-0.2, 0) is 20.9 Å². The molecule has 2 aromatic carbocycles. The molecule has 0 unspecified atom stereocenters. The molecule has 2 rings (SSSR count). The molecular weight excluding hydrogens is 290 g/mol. The van der Waals surface area contributed by atoms with Gasteiger partial charge in [-0.25, -0.2) is 4.79 Å². The van der Waals surface area contributed by atoms with Crippen molar-refractivity contribution in [2.24, 2.45) is 0 Å². The summed E-state index contributed by atoms with van der Waals surface area (Å²) in [6, 6.07) is 16.9. The molecule has 4 nitrogen and oxygen atoms in total. The molecule has 0 fully saturated rings. The van der Waals surface area contributed by atoms with Crippen LogP contribution in [-0.4, -0.2) is 11.9 Å². The van der Waals surface area contributed by atoms with Crippen LogP contribution in [0.2, 0.25) is 0 Å². The van der Waals surface area contributed by atoms with Gasteiger partial charge in [-0.3, -0.25) is 4.79 Å². The van der Waals surface area contributed by atoms with Gasteiger partial charge in [0.15, 0.2) is 0 Å². The number of aryl methyl sites for hydroxylation is 1. The second-order valence-corrected chi connectivity index (χ2v) is 5.20. The van der Waals surface area contributed by atoms with Crippen molar-refractivity contribution in [3.8, 4) is 0 Å². The summed E-state index contributed by atoms with van der Waals surface area (Å²) in [5.41, 5.74) is 3.23. The van der Waals surface area contributed by atoms with Gasteiger partial charge < -0.3 is 10.1 Å². The third-order valence-corrected chi connectivity index (χ3v) is 3.16. The largest absolute Gasteiger partial charge is 0.458 e. The number of ether oxygens (including phenoxy) is 1. The zero-order chi connectivity index (χ0) is 16.7. The molecule has 0 aliphatic rings. The maximum atomic E-state index is 12.0. The molecule has 0 radical (unpaired) electrons. The van der Waals surface area contributed by atoms with Crippen LogP contribution >= 0.6 is 0 Å². The first-order valence-electron chi connectivity index (χ1n) is 7.31. The van der Waals surface area contributed by atoms with Crippen molar-refractivity contribution in [2.45, 2.75) is 20.5 Å². The maximum Gasteiger partial charge on any atom is 0.333 e. The zero-order valence-corrected chi connectivity index (χ0v) is 13.2. The van der Waals surface area contributed by atoms with Crippen LogP contribution in [0.4, 0.5) is 0 Å². The molecule has 0 aliphatic carbocycles. The average Bonchev–Trinajstić information content (AvgIpc) is 2.54. The summed E-state index contributed by atoms with van der Waals surface area (Å²) in [5, 5.41) is 2.65. The molecule has 0 aromatic heterocycles. The Kier molecular flexibility index (Phi) is 5.69. The molecule has 0 aliphatic heterocycles. The highest BCUT2D eigenvalue weighted by atomic mass is 16.5. The van der Waals surface area contributed by atoms with E-state index in [-0.39, 0.29) is 12.5 Å². The van der Waals surface area contributed by atoms with Gasteiger partial charge in [-0.15, -0.1) is 0 Å². The summed E-state index contributed by atoms with van der Waals surface area (Å²) >= 11 is 0. The Hall–Kier alpha value is -2.88. The first kappa shape index (κ1) is 16.5. The molecule has 0 bridgehead atoms. The minimum Gasteiger partial charge on any atom is -0.458 e. The molecule has 0 heterocycles. The third kappa shape index (κ3) is 5.43. The Balaban J connectivity index is 2.07. The van der Waals surface area contributed by atoms with Gasteiger partial charge in [-0.2, -0.15) is 0 Å². The number of nitrogens with one attached hydrogen (secondary N) is 1. The van der Waals surface area contributed by atoms with E-state index in [2.05, 4.69) is 5.32 Å². The lowest BCUT2D eigenvalue weighted by Gasteiger charge is -2.09. The van der Waals surface area contributed by atoms with E-state index in [0.717, 1.165) is 16.7 Å². The van der Waals surface area contributed by atoms with Gasteiger partial charge >= 0.3 is 5.97 Å². The standard InChI is InChI=1S/C19H19NO3/c1-14-8-10-16(11-9-14)13-23-19(22)12-18(20-15(2)21)17-6-4-3-5-7-17/h3-12H,13H2,1-2H3,(H,20,21)/b18-12+. The Morgan fingerprint density at radius 2 is 1.70 bits per heavy atom. The van der Waals surface area contributed by atoms with Crippen LogP contribution in [0.1, 0.15) is 23.6 Å². The van der Waals surface area contributed by atoms with E-state index in [1.54, 1.807) is 0 Å². The van der Waals surface area contributed by atoms with Gasteiger partial charge in [-0.05, 0) is 18.1 Å². The second kappa shape index (κ2) is 7.94.